The highest BCUT2D eigenvalue weighted by Gasteiger charge is 2.41. The normalized spacial score (nSPS) is 16.9. The predicted molar refractivity (Wildman–Crippen MR) is 157 cm³/mol. The van der Waals surface area contributed by atoms with Crippen LogP contribution in [0.4, 0.5) is 10.8 Å². The number of aromatic nitrogens is 2. The van der Waals surface area contributed by atoms with E-state index in [4.69, 9.17) is 34.0 Å². The fourth-order valence-electron chi connectivity index (χ4n) is 4.70. The maximum atomic E-state index is 13.3. The summed E-state index contributed by atoms with van der Waals surface area (Å²) in [6.07, 6.45) is 1.50. The van der Waals surface area contributed by atoms with Crippen LogP contribution in [0.1, 0.15) is 41.1 Å². The van der Waals surface area contributed by atoms with E-state index >= 15 is 0 Å². The van der Waals surface area contributed by atoms with Crippen LogP contribution in [0.3, 0.4) is 0 Å². The van der Waals surface area contributed by atoms with Crippen molar-refractivity contribution in [2.45, 2.75) is 29.5 Å². The summed E-state index contributed by atoms with van der Waals surface area (Å²) in [5.41, 5.74) is 9.11. The Labute approximate surface area is 252 Å². The smallest absolute Gasteiger partial charge is 0.335 e. The molecule has 208 valence electrons. The number of anilines is 2. The minimum absolute atomic E-state index is 0.0237. The maximum absolute atomic E-state index is 13.3. The third kappa shape index (κ3) is 5.80. The van der Waals surface area contributed by atoms with Crippen LogP contribution in [0.2, 0.25) is 10.0 Å². The zero-order valence-corrected chi connectivity index (χ0v) is 24.2. The Morgan fingerprint density at radius 3 is 2.61 bits per heavy atom. The highest BCUT2D eigenvalue weighted by Crippen LogP contribution is 2.47. The lowest BCUT2D eigenvalue weighted by atomic mass is 9.76. The molecule has 14 heteroatoms. The Morgan fingerprint density at radius 1 is 1.17 bits per heavy atom. The standard InChI is InChI=1S/C27H20Cl2N6O4S2/c28-17-9-6-14(10-18(17)29)22-16(11-30)24(31)35(19-2-1-3-20(36)23(19)22)26-33-34-27(41-26)40-12-21(37)32-15-7-4-13(5-8-15)25(38)39/h4-10,22H,1-3,12,31H2,(H,32,37)(H,38,39). The number of carbonyl (C=O) groups is 3. The summed E-state index contributed by atoms with van der Waals surface area (Å²) in [6.45, 7) is 0. The summed E-state index contributed by atoms with van der Waals surface area (Å²) in [4.78, 5) is 38.3. The molecule has 2 heterocycles. The van der Waals surface area contributed by atoms with E-state index in [0.717, 1.165) is 11.8 Å². The molecule has 41 heavy (non-hydrogen) atoms. The van der Waals surface area contributed by atoms with Crippen LogP contribution >= 0.6 is 46.3 Å². The van der Waals surface area contributed by atoms with Crippen molar-refractivity contribution in [2.75, 3.05) is 16.0 Å². The number of nitrogens with two attached hydrogens (primary N) is 1. The van der Waals surface area contributed by atoms with Crippen molar-refractivity contribution in [1.82, 2.24) is 10.2 Å². The Balaban J connectivity index is 1.39. The lowest BCUT2D eigenvalue weighted by Gasteiger charge is -2.38. The Kier molecular flexibility index (Phi) is 8.32. The van der Waals surface area contributed by atoms with Crippen LogP contribution in [-0.2, 0) is 9.59 Å². The topological polar surface area (TPSA) is 162 Å². The van der Waals surface area contributed by atoms with Crippen molar-refractivity contribution in [3.8, 4) is 6.07 Å². The van der Waals surface area contributed by atoms with Gasteiger partial charge in [0.2, 0.25) is 11.0 Å². The van der Waals surface area contributed by atoms with Crippen LogP contribution in [0.5, 0.6) is 0 Å². The minimum Gasteiger partial charge on any atom is -0.478 e. The number of nitrogens with one attached hydrogen (secondary N) is 1. The van der Waals surface area contributed by atoms with E-state index in [-0.39, 0.29) is 34.4 Å². The van der Waals surface area contributed by atoms with Crippen LogP contribution < -0.4 is 16.0 Å². The van der Waals surface area contributed by atoms with Gasteiger partial charge in [0.05, 0.1) is 38.9 Å². The third-order valence-electron chi connectivity index (χ3n) is 6.52. The number of thioether (sulfide) groups is 1. The van der Waals surface area contributed by atoms with Crippen molar-refractivity contribution in [3.63, 3.8) is 0 Å². The van der Waals surface area contributed by atoms with Gasteiger partial charge in [0.15, 0.2) is 10.1 Å². The van der Waals surface area contributed by atoms with E-state index in [0.29, 0.717) is 61.3 Å². The molecule has 1 aromatic heterocycles. The van der Waals surface area contributed by atoms with Crippen molar-refractivity contribution in [1.29, 1.82) is 5.26 Å². The number of amides is 1. The molecule has 1 aliphatic heterocycles. The quantitative estimate of drug-likeness (QED) is 0.282. The van der Waals surface area contributed by atoms with Crippen molar-refractivity contribution in [3.05, 3.63) is 86.3 Å². The molecule has 4 N–H and O–H groups in total. The summed E-state index contributed by atoms with van der Waals surface area (Å²) in [7, 11) is 0. The summed E-state index contributed by atoms with van der Waals surface area (Å²) in [6, 6.07) is 13.0. The molecule has 0 bridgehead atoms. The monoisotopic (exact) mass is 626 g/mol. The number of Topliss-reactive ketones (excluding diaryl/α,β-unsaturated/α-hetero) is 1. The fraction of sp³-hybridized carbons (Fsp3) is 0.185. The molecule has 1 amide bonds. The number of carbonyl (C=O) groups excluding carboxylic acids is 2. The Morgan fingerprint density at radius 2 is 1.93 bits per heavy atom. The van der Waals surface area contributed by atoms with Crippen LogP contribution in [0.15, 0.2) is 69.5 Å². The molecule has 2 aromatic carbocycles. The largest absolute Gasteiger partial charge is 0.478 e. The first-order chi connectivity index (χ1) is 19.7. The van der Waals surface area contributed by atoms with Gasteiger partial charge in [-0.15, -0.1) is 10.2 Å². The van der Waals surface area contributed by atoms with Crippen LogP contribution in [0, 0.1) is 11.3 Å². The fourth-order valence-corrected chi connectivity index (χ4v) is 6.69. The predicted octanol–water partition coefficient (Wildman–Crippen LogP) is 5.58. The SMILES string of the molecule is N#CC1=C(N)N(c2nnc(SCC(=O)Nc3ccc(C(=O)O)cc3)s2)C2=C(C(=O)CCC2)C1c1ccc(Cl)c(Cl)c1. The first kappa shape index (κ1) is 28.6. The number of aromatic carboxylic acids is 1. The van der Waals surface area contributed by atoms with Crippen molar-refractivity contribution in [2.24, 2.45) is 5.73 Å². The lowest BCUT2D eigenvalue weighted by molar-refractivity contribution is -0.116. The second-order valence-corrected chi connectivity index (χ2v) is 12.1. The molecule has 3 aromatic rings. The summed E-state index contributed by atoms with van der Waals surface area (Å²) >= 11 is 14.7. The number of nitrogens with zero attached hydrogens (tertiary/aromatic N) is 4. The van der Waals surface area contributed by atoms with Gasteiger partial charge in [-0.05, 0) is 54.8 Å². The zero-order valence-electron chi connectivity index (χ0n) is 21.1. The molecule has 0 saturated carbocycles. The van der Waals surface area contributed by atoms with Gasteiger partial charge in [0, 0.05) is 23.4 Å². The number of benzene rings is 2. The maximum Gasteiger partial charge on any atom is 0.335 e. The molecule has 0 spiro atoms. The highest BCUT2D eigenvalue weighted by molar-refractivity contribution is 8.01. The second-order valence-electron chi connectivity index (χ2n) is 9.06. The van der Waals surface area contributed by atoms with Gasteiger partial charge in [0.1, 0.15) is 5.82 Å². The number of halogens is 2. The third-order valence-corrected chi connectivity index (χ3v) is 9.30. The molecule has 10 nitrogen and oxygen atoms in total. The van der Waals surface area contributed by atoms with E-state index in [9.17, 15) is 19.6 Å². The van der Waals surface area contributed by atoms with Gasteiger partial charge in [-0.3, -0.25) is 14.5 Å². The van der Waals surface area contributed by atoms with Crippen molar-refractivity contribution >= 4 is 74.8 Å². The molecule has 0 fully saturated rings. The van der Waals surface area contributed by atoms with Gasteiger partial charge >= 0.3 is 5.97 Å². The van der Waals surface area contributed by atoms with Gasteiger partial charge < -0.3 is 16.2 Å². The highest BCUT2D eigenvalue weighted by atomic mass is 35.5. The minimum atomic E-state index is -1.05. The number of hydrogen-bond donors (Lipinski definition) is 3. The first-order valence-corrected chi connectivity index (χ1v) is 14.7. The molecule has 1 atom stereocenters. The van der Waals surface area contributed by atoms with E-state index in [2.05, 4.69) is 21.6 Å². The van der Waals surface area contributed by atoms with Crippen LogP contribution in [-0.4, -0.2) is 38.7 Å². The van der Waals surface area contributed by atoms with Gasteiger partial charge in [-0.1, -0.05) is 52.4 Å². The number of hydrogen-bond acceptors (Lipinski definition) is 10. The van der Waals surface area contributed by atoms with E-state index in [1.807, 2.05) is 0 Å². The molecule has 0 radical (unpaired) electrons. The van der Waals surface area contributed by atoms with E-state index in [1.54, 1.807) is 23.1 Å². The number of carboxylic acid groups (broad SMARTS) is 1. The van der Waals surface area contributed by atoms with Gasteiger partial charge in [-0.25, -0.2) is 4.79 Å². The summed E-state index contributed by atoms with van der Waals surface area (Å²) < 4.78 is 0.485. The molecule has 2 aliphatic rings. The summed E-state index contributed by atoms with van der Waals surface area (Å²) in [5.74, 6) is -1.97. The zero-order chi connectivity index (χ0) is 29.3. The van der Waals surface area contributed by atoms with E-state index < -0.39 is 11.9 Å². The lowest BCUT2D eigenvalue weighted by Crippen LogP contribution is -2.38. The van der Waals surface area contributed by atoms with Crippen LogP contribution in [0.25, 0.3) is 0 Å². The first-order valence-electron chi connectivity index (χ1n) is 12.2. The number of ketones is 1. The number of nitriles is 1. The average Bonchev–Trinajstić information content (AvgIpc) is 3.41. The number of rotatable bonds is 7. The number of allylic oxidation sites excluding steroid dienone is 3. The summed E-state index contributed by atoms with van der Waals surface area (Å²) in [5, 5.41) is 31.4. The van der Waals surface area contributed by atoms with Gasteiger partial charge in [-0.2, -0.15) is 5.26 Å². The number of carboxylic acids is 1. The Hall–Kier alpha value is -3.89. The average molecular weight is 628 g/mol. The van der Waals surface area contributed by atoms with E-state index in [1.165, 1.54) is 35.6 Å². The second kappa shape index (κ2) is 11.9. The molecule has 1 aliphatic carbocycles. The molecule has 5 rings (SSSR count). The molecular weight excluding hydrogens is 607 g/mol. The molecular formula is C27H20Cl2N6O4S2. The molecule has 1 unspecified atom stereocenters. The van der Waals surface area contributed by atoms with Gasteiger partial charge in [0.25, 0.3) is 0 Å². The van der Waals surface area contributed by atoms with Crippen molar-refractivity contribution < 1.29 is 19.5 Å². The Bertz CT molecular complexity index is 1680. The molecule has 0 saturated heterocycles.